The van der Waals surface area contributed by atoms with Gasteiger partial charge >= 0.3 is 5.97 Å². The van der Waals surface area contributed by atoms with Crippen LogP contribution in [0.4, 0.5) is 11.4 Å². The molecule has 0 saturated heterocycles. The second-order valence-electron chi connectivity index (χ2n) is 15.5. The minimum atomic E-state index is -0.865. The normalized spacial score (nSPS) is 18.4. The fourth-order valence-electron chi connectivity index (χ4n) is 7.85. The van der Waals surface area contributed by atoms with E-state index in [-0.39, 0.29) is 29.8 Å². The number of anilines is 1. The van der Waals surface area contributed by atoms with E-state index in [1.807, 2.05) is 0 Å². The third-order valence-electron chi connectivity index (χ3n) is 10.9. The number of carboxylic acids is 1. The van der Waals surface area contributed by atoms with Gasteiger partial charge in [-0.3, -0.25) is 4.79 Å². The average Bonchev–Trinajstić information content (AvgIpc) is 3.55. The summed E-state index contributed by atoms with van der Waals surface area (Å²) in [6.07, 6.45) is 9.59. The summed E-state index contributed by atoms with van der Waals surface area (Å²) < 4.78 is 35.8. The number of ether oxygens (including phenoxy) is 6. The summed E-state index contributed by atoms with van der Waals surface area (Å²) >= 11 is 7.27. The van der Waals surface area contributed by atoms with Crippen molar-refractivity contribution < 1.29 is 42.9 Å². The van der Waals surface area contributed by atoms with Gasteiger partial charge in [0.25, 0.3) is 0 Å². The van der Waals surface area contributed by atoms with Crippen LogP contribution in [0.25, 0.3) is 0 Å². The minimum absolute atomic E-state index is 0.00740. The molecule has 1 atom stereocenters. The van der Waals surface area contributed by atoms with Crippen LogP contribution in [-0.2, 0) is 44.0 Å². The first kappa shape index (κ1) is 44.5. The Morgan fingerprint density at radius 2 is 1.44 bits per heavy atom. The molecule has 0 amide bonds. The van der Waals surface area contributed by atoms with Crippen LogP contribution >= 0.6 is 11.6 Å². The Bertz CT molecular complexity index is 1810. The predicted octanol–water partition coefficient (Wildman–Crippen LogP) is 7.95. The number of rotatable bonds is 24. The number of fused-ring (bicyclic) bond motifs is 2. The highest BCUT2D eigenvalue weighted by Gasteiger charge is 2.44. The van der Waals surface area contributed by atoms with Gasteiger partial charge in [-0.25, -0.2) is 0 Å². The molecule has 2 heterocycles. The fourth-order valence-corrected chi connectivity index (χ4v) is 8.18. The molecule has 0 spiro atoms. The van der Waals surface area contributed by atoms with Gasteiger partial charge in [0.05, 0.1) is 83.6 Å². The van der Waals surface area contributed by atoms with Gasteiger partial charge in [0.1, 0.15) is 6.61 Å². The molecule has 11 heteroatoms. The number of hydrogen-bond donors (Lipinski definition) is 1. The number of allylic oxidation sites excluding steroid dienone is 5. The van der Waals surface area contributed by atoms with Gasteiger partial charge in [0, 0.05) is 53.4 Å². The number of para-hydroxylation sites is 2. The summed E-state index contributed by atoms with van der Waals surface area (Å²) in [6, 6.07) is 17.2. The topological polar surface area (TPSA) is 98.9 Å². The first-order chi connectivity index (χ1) is 27.6. The minimum Gasteiger partial charge on any atom is -0.481 e. The number of hydrogen-bond acceptors (Lipinski definition) is 8. The molecule has 1 aliphatic carbocycles. The lowest BCUT2D eigenvalue weighted by Gasteiger charge is -2.26. The van der Waals surface area contributed by atoms with Crippen LogP contribution in [0.5, 0.6) is 0 Å². The molecular weight excluding hydrogens is 744 g/mol. The van der Waals surface area contributed by atoms with Gasteiger partial charge < -0.3 is 38.4 Å². The first-order valence-electron chi connectivity index (χ1n) is 20.3. The molecule has 1 unspecified atom stereocenters. The van der Waals surface area contributed by atoms with E-state index < -0.39 is 5.97 Å². The summed E-state index contributed by atoms with van der Waals surface area (Å²) in [4.78, 5) is 13.1. The smallest absolute Gasteiger partial charge is 0.305 e. The van der Waals surface area contributed by atoms with Crippen LogP contribution in [0.2, 0.25) is 0 Å². The molecule has 2 aromatic rings. The Hall–Kier alpha value is -3.57. The Morgan fingerprint density at radius 1 is 0.825 bits per heavy atom. The van der Waals surface area contributed by atoms with E-state index in [0.29, 0.717) is 79.2 Å². The zero-order chi connectivity index (χ0) is 40.7. The highest BCUT2D eigenvalue weighted by atomic mass is 35.5. The van der Waals surface area contributed by atoms with Crippen LogP contribution in [0.3, 0.4) is 0 Å². The van der Waals surface area contributed by atoms with E-state index in [2.05, 4.69) is 110 Å². The largest absolute Gasteiger partial charge is 0.481 e. The SMILES string of the molecule is COCCOCCOCCOCCN1C(=C=CC2CCCC(/C=C/C3=[N+](CCOCCOCCC(=O)O)c4ccccc4C3(C)C)=C2Cl)C(C)(C)c2ccccc21. The summed E-state index contributed by atoms with van der Waals surface area (Å²) in [7, 11) is 1.66. The average molecular weight is 806 g/mol. The van der Waals surface area contributed by atoms with Gasteiger partial charge in [0.2, 0.25) is 5.69 Å². The predicted molar refractivity (Wildman–Crippen MR) is 225 cm³/mol. The summed E-state index contributed by atoms with van der Waals surface area (Å²) in [5.41, 5.74) is 11.7. The number of carboxylic acid groups (broad SMARTS) is 1. The van der Waals surface area contributed by atoms with Crippen molar-refractivity contribution in [2.75, 3.05) is 97.8 Å². The van der Waals surface area contributed by atoms with Crippen molar-refractivity contribution in [2.24, 2.45) is 5.92 Å². The molecule has 0 radical (unpaired) electrons. The van der Waals surface area contributed by atoms with Gasteiger partial charge in [0.15, 0.2) is 12.3 Å². The van der Waals surface area contributed by atoms with E-state index >= 15 is 0 Å². The molecule has 57 heavy (non-hydrogen) atoms. The van der Waals surface area contributed by atoms with Gasteiger partial charge in [-0.05, 0) is 70.2 Å². The van der Waals surface area contributed by atoms with Crippen molar-refractivity contribution in [3.63, 3.8) is 0 Å². The van der Waals surface area contributed by atoms with Crippen LogP contribution < -0.4 is 4.90 Å². The Morgan fingerprint density at radius 3 is 2.14 bits per heavy atom. The number of nitrogens with zero attached hydrogens (tertiary/aromatic N) is 2. The number of halogens is 1. The Labute approximate surface area is 344 Å². The third kappa shape index (κ3) is 11.8. The lowest BCUT2D eigenvalue weighted by molar-refractivity contribution is -0.442. The first-order valence-corrected chi connectivity index (χ1v) is 20.7. The third-order valence-corrected chi connectivity index (χ3v) is 11.4. The molecule has 0 bridgehead atoms. The molecule has 0 aromatic heterocycles. The zero-order valence-corrected chi connectivity index (χ0v) is 35.3. The molecule has 0 saturated carbocycles. The standard InChI is InChI=1S/C46H61ClN2O8/c1-45(2)37-13-6-8-15-39(37)48(22-25-54-30-29-53-24-21-43(50)51)41(45)19-17-35-11-10-12-36(44(35)47)18-20-42-46(3,4)38-14-7-9-16-40(38)49(42)23-26-55-31-32-57-34-33-56-28-27-52-5/h6-9,13-19,36H,10-12,21-34H2,1-5H3/p+1/b19-17+. The number of carbonyl (C=O) groups is 1. The molecule has 2 aliphatic heterocycles. The molecule has 2 aromatic carbocycles. The van der Waals surface area contributed by atoms with Crippen LogP contribution in [-0.4, -0.2) is 114 Å². The van der Waals surface area contributed by atoms with Gasteiger partial charge in [-0.1, -0.05) is 54.1 Å². The molecule has 10 nitrogen and oxygen atoms in total. The maximum absolute atomic E-state index is 10.7. The number of benzene rings is 2. The van der Waals surface area contributed by atoms with Gasteiger partial charge in [-0.2, -0.15) is 4.58 Å². The van der Waals surface area contributed by atoms with E-state index in [9.17, 15) is 4.79 Å². The summed E-state index contributed by atoms with van der Waals surface area (Å²) in [5.74, 6) is -0.794. The monoisotopic (exact) mass is 805 g/mol. The van der Waals surface area contributed by atoms with Crippen LogP contribution in [0.15, 0.2) is 88.8 Å². The van der Waals surface area contributed by atoms with E-state index in [1.165, 1.54) is 28.2 Å². The van der Waals surface area contributed by atoms with Crippen molar-refractivity contribution >= 4 is 34.7 Å². The molecular formula is C46H62ClN2O8+. The van der Waals surface area contributed by atoms with Crippen LogP contribution in [0, 0.1) is 5.92 Å². The summed E-state index contributed by atoms with van der Waals surface area (Å²) in [5, 5.41) is 9.69. The zero-order valence-electron chi connectivity index (χ0n) is 34.5. The van der Waals surface area contributed by atoms with E-state index in [0.717, 1.165) is 35.6 Å². The van der Waals surface area contributed by atoms with Gasteiger partial charge in [-0.15, -0.1) is 5.73 Å². The van der Waals surface area contributed by atoms with Crippen molar-refractivity contribution in [1.82, 2.24) is 0 Å². The Balaban J connectivity index is 1.27. The second kappa shape index (κ2) is 22.0. The summed E-state index contributed by atoms with van der Waals surface area (Å²) in [6.45, 7) is 15.8. The highest BCUT2D eigenvalue weighted by molar-refractivity contribution is 6.30. The van der Waals surface area contributed by atoms with Crippen LogP contribution in [0.1, 0.15) is 64.5 Å². The lowest BCUT2D eigenvalue weighted by Crippen LogP contribution is -2.29. The van der Waals surface area contributed by atoms with E-state index in [1.54, 1.807) is 7.11 Å². The fraction of sp³-hybridized carbons (Fsp3) is 0.543. The number of aliphatic carboxylic acids is 1. The molecule has 1 N–H and O–H groups in total. The van der Waals surface area contributed by atoms with Crippen molar-refractivity contribution in [3.05, 3.63) is 99.9 Å². The maximum atomic E-state index is 10.7. The second-order valence-corrected chi connectivity index (χ2v) is 15.9. The Kier molecular flexibility index (Phi) is 17.2. The molecule has 0 fully saturated rings. The quantitative estimate of drug-likeness (QED) is 0.0644. The molecule has 3 aliphatic rings. The molecule has 5 rings (SSSR count). The van der Waals surface area contributed by atoms with Crippen molar-refractivity contribution in [2.45, 2.75) is 64.2 Å². The molecule has 310 valence electrons. The highest BCUT2D eigenvalue weighted by Crippen LogP contribution is 2.47. The van der Waals surface area contributed by atoms with Crippen molar-refractivity contribution in [3.8, 4) is 0 Å². The van der Waals surface area contributed by atoms with E-state index in [4.69, 9.17) is 45.1 Å². The van der Waals surface area contributed by atoms with Crippen molar-refractivity contribution in [1.29, 1.82) is 0 Å². The number of methoxy groups -OCH3 is 1. The maximum Gasteiger partial charge on any atom is 0.305 e. The lowest BCUT2D eigenvalue weighted by atomic mass is 9.81.